The second-order valence-electron chi connectivity index (χ2n) is 6.97. The summed E-state index contributed by atoms with van der Waals surface area (Å²) in [5.74, 6) is -1.26. The Labute approximate surface area is 158 Å². The first-order valence-corrected chi connectivity index (χ1v) is 8.94. The number of rotatable bonds is 4. The number of imidazole rings is 1. The fourth-order valence-electron chi connectivity index (χ4n) is 3.65. The molecule has 0 bridgehead atoms. The van der Waals surface area contributed by atoms with Gasteiger partial charge >= 0.3 is 6.18 Å². The minimum atomic E-state index is -4.55. The van der Waals surface area contributed by atoms with Crippen molar-refractivity contribution in [2.24, 2.45) is 0 Å². The lowest BCUT2D eigenvalue weighted by Gasteiger charge is -2.38. The number of halogens is 3. The SMILES string of the molecule is O=C(CC1(n2cccc2)CCOCC1)Nc1ccc2nc(C(F)(F)F)[nH]c2c1. The molecule has 1 aliphatic heterocycles. The van der Waals surface area contributed by atoms with Crippen molar-refractivity contribution in [3.63, 3.8) is 0 Å². The highest BCUT2D eigenvalue weighted by Crippen LogP contribution is 2.34. The third-order valence-corrected chi connectivity index (χ3v) is 5.10. The molecule has 9 heteroatoms. The monoisotopic (exact) mass is 392 g/mol. The molecule has 0 saturated carbocycles. The predicted octanol–water partition coefficient (Wildman–Crippen LogP) is 3.92. The molecule has 4 rings (SSSR count). The molecular weight excluding hydrogens is 373 g/mol. The van der Waals surface area contributed by atoms with Gasteiger partial charge in [-0.1, -0.05) is 0 Å². The van der Waals surface area contributed by atoms with Gasteiger partial charge in [0.15, 0.2) is 0 Å². The number of nitrogens with one attached hydrogen (secondary N) is 2. The largest absolute Gasteiger partial charge is 0.449 e. The summed E-state index contributed by atoms with van der Waals surface area (Å²) in [5.41, 5.74) is 0.465. The topological polar surface area (TPSA) is 71.9 Å². The average molecular weight is 392 g/mol. The Kier molecular flexibility index (Phi) is 4.62. The maximum Gasteiger partial charge on any atom is 0.449 e. The third-order valence-electron chi connectivity index (χ3n) is 5.10. The molecule has 1 aromatic carbocycles. The van der Waals surface area contributed by atoms with E-state index >= 15 is 0 Å². The minimum absolute atomic E-state index is 0.193. The van der Waals surface area contributed by atoms with Gasteiger partial charge in [0.2, 0.25) is 11.7 Å². The van der Waals surface area contributed by atoms with Crippen LogP contribution < -0.4 is 5.32 Å². The summed E-state index contributed by atoms with van der Waals surface area (Å²) in [6, 6.07) is 8.29. The van der Waals surface area contributed by atoms with E-state index in [9.17, 15) is 18.0 Å². The zero-order valence-corrected chi connectivity index (χ0v) is 14.9. The minimum Gasteiger partial charge on any atom is -0.381 e. The molecule has 2 aromatic heterocycles. The van der Waals surface area contributed by atoms with Crippen molar-refractivity contribution in [3.8, 4) is 0 Å². The normalized spacial score (nSPS) is 17.0. The highest BCUT2D eigenvalue weighted by molar-refractivity contribution is 5.93. The van der Waals surface area contributed by atoms with Crippen molar-refractivity contribution in [1.82, 2.24) is 14.5 Å². The molecule has 3 heterocycles. The van der Waals surface area contributed by atoms with E-state index in [0.717, 1.165) is 0 Å². The zero-order valence-electron chi connectivity index (χ0n) is 14.9. The van der Waals surface area contributed by atoms with Gasteiger partial charge in [-0.25, -0.2) is 4.98 Å². The lowest BCUT2D eigenvalue weighted by molar-refractivity contribution is -0.144. The Morgan fingerprint density at radius 2 is 1.96 bits per heavy atom. The van der Waals surface area contributed by atoms with E-state index < -0.39 is 12.0 Å². The van der Waals surface area contributed by atoms with Crippen LogP contribution in [0.4, 0.5) is 18.9 Å². The molecule has 0 atom stereocenters. The van der Waals surface area contributed by atoms with E-state index in [1.54, 1.807) is 6.07 Å². The number of nitrogens with zero attached hydrogens (tertiary/aromatic N) is 2. The number of carbonyl (C=O) groups is 1. The Morgan fingerprint density at radius 1 is 1.25 bits per heavy atom. The number of hydrogen-bond acceptors (Lipinski definition) is 3. The second kappa shape index (κ2) is 6.97. The van der Waals surface area contributed by atoms with Crippen LogP contribution in [0.15, 0.2) is 42.7 Å². The molecule has 1 amide bonds. The number of fused-ring (bicyclic) bond motifs is 1. The van der Waals surface area contributed by atoms with Crippen LogP contribution in [0.25, 0.3) is 11.0 Å². The first-order valence-electron chi connectivity index (χ1n) is 8.94. The predicted molar refractivity (Wildman–Crippen MR) is 96.8 cm³/mol. The van der Waals surface area contributed by atoms with Crippen LogP contribution in [0, 0.1) is 0 Å². The van der Waals surface area contributed by atoms with Gasteiger partial charge in [0.05, 0.1) is 23.0 Å². The van der Waals surface area contributed by atoms with Crippen LogP contribution in [0.1, 0.15) is 25.1 Å². The molecule has 1 aliphatic rings. The molecule has 0 spiro atoms. The lowest BCUT2D eigenvalue weighted by Crippen LogP contribution is -2.42. The van der Waals surface area contributed by atoms with Gasteiger partial charge < -0.3 is 19.6 Å². The van der Waals surface area contributed by atoms with Crippen molar-refractivity contribution in [2.75, 3.05) is 18.5 Å². The van der Waals surface area contributed by atoms with E-state index in [1.807, 2.05) is 29.1 Å². The van der Waals surface area contributed by atoms with Crippen molar-refractivity contribution in [1.29, 1.82) is 0 Å². The number of carbonyl (C=O) groups excluding carboxylic acids is 1. The van der Waals surface area contributed by atoms with Gasteiger partial charge in [0.25, 0.3) is 0 Å². The Hall–Kier alpha value is -2.81. The molecule has 1 fully saturated rings. The summed E-state index contributed by atoms with van der Waals surface area (Å²) in [6.45, 7) is 1.15. The van der Waals surface area contributed by atoms with Gasteiger partial charge in [0, 0.05) is 31.3 Å². The van der Waals surface area contributed by atoms with E-state index in [2.05, 4.69) is 15.3 Å². The van der Waals surface area contributed by atoms with Gasteiger partial charge in [-0.05, 0) is 43.2 Å². The van der Waals surface area contributed by atoms with Gasteiger partial charge in [-0.15, -0.1) is 0 Å². The summed E-state index contributed by atoms with van der Waals surface area (Å²) < 4.78 is 45.9. The number of hydrogen-bond donors (Lipinski definition) is 2. The van der Waals surface area contributed by atoms with E-state index in [-0.39, 0.29) is 28.9 Å². The van der Waals surface area contributed by atoms with Crippen LogP contribution in [-0.4, -0.2) is 33.7 Å². The number of H-pyrrole nitrogens is 1. The van der Waals surface area contributed by atoms with Crippen LogP contribution >= 0.6 is 0 Å². The van der Waals surface area contributed by atoms with Gasteiger partial charge in [0.1, 0.15) is 0 Å². The van der Waals surface area contributed by atoms with Crippen LogP contribution in [0.3, 0.4) is 0 Å². The fraction of sp³-hybridized carbons (Fsp3) is 0.368. The molecule has 28 heavy (non-hydrogen) atoms. The van der Waals surface area contributed by atoms with Crippen LogP contribution in [0.2, 0.25) is 0 Å². The number of ether oxygens (including phenoxy) is 1. The van der Waals surface area contributed by atoms with E-state index in [4.69, 9.17) is 4.74 Å². The third kappa shape index (κ3) is 3.62. The number of aromatic amines is 1. The van der Waals surface area contributed by atoms with Gasteiger partial charge in [-0.3, -0.25) is 4.79 Å². The number of benzene rings is 1. The van der Waals surface area contributed by atoms with Crippen LogP contribution in [0.5, 0.6) is 0 Å². The molecular formula is C19H19F3N4O2. The highest BCUT2D eigenvalue weighted by Gasteiger charge is 2.36. The molecule has 3 aromatic rings. The number of amides is 1. The number of alkyl halides is 3. The molecule has 2 N–H and O–H groups in total. The second-order valence-corrected chi connectivity index (χ2v) is 6.97. The summed E-state index contributed by atoms with van der Waals surface area (Å²) in [5, 5.41) is 2.79. The quantitative estimate of drug-likeness (QED) is 0.707. The van der Waals surface area contributed by atoms with Crippen molar-refractivity contribution in [3.05, 3.63) is 48.5 Å². The first kappa shape index (κ1) is 18.5. The van der Waals surface area contributed by atoms with Crippen LogP contribution in [-0.2, 0) is 21.2 Å². The Morgan fingerprint density at radius 3 is 2.64 bits per heavy atom. The fourth-order valence-corrected chi connectivity index (χ4v) is 3.65. The zero-order chi connectivity index (χ0) is 19.8. The molecule has 0 radical (unpaired) electrons. The Balaban J connectivity index is 1.52. The maximum absolute atomic E-state index is 12.8. The molecule has 1 saturated heterocycles. The van der Waals surface area contributed by atoms with Gasteiger partial charge in [-0.2, -0.15) is 13.2 Å². The molecule has 0 unspecified atom stereocenters. The Bertz CT molecular complexity index is 973. The number of aromatic nitrogens is 3. The van der Waals surface area contributed by atoms with Crippen molar-refractivity contribution < 1.29 is 22.7 Å². The van der Waals surface area contributed by atoms with E-state index in [0.29, 0.717) is 31.7 Å². The smallest absolute Gasteiger partial charge is 0.381 e. The molecule has 6 nitrogen and oxygen atoms in total. The molecule has 0 aliphatic carbocycles. The standard InChI is InChI=1S/C19H19F3N4O2/c20-19(21,22)17-24-14-4-3-13(11-15(14)25-17)23-16(27)12-18(5-9-28-10-6-18)26-7-1-2-8-26/h1-4,7-8,11H,5-6,9-10,12H2,(H,23,27)(H,24,25). The number of anilines is 1. The summed E-state index contributed by atoms with van der Waals surface area (Å²) in [4.78, 5) is 18.5. The molecule has 148 valence electrons. The summed E-state index contributed by atoms with van der Waals surface area (Å²) >= 11 is 0. The summed E-state index contributed by atoms with van der Waals surface area (Å²) in [7, 11) is 0. The van der Waals surface area contributed by atoms with Crippen molar-refractivity contribution in [2.45, 2.75) is 31.0 Å². The van der Waals surface area contributed by atoms with E-state index in [1.165, 1.54) is 12.1 Å². The maximum atomic E-state index is 12.8. The average Bonchev–Trinajstić information content (AvgIpc) is 3.32. The lowest BCUT2D eigenvalue weighted by atomic mass is 9.86. The first-order chi connectivity index (χ1) is 13.4. The summed E-state index contributed by atoms with van der Waals surface area (Å²) in [6.07, 6.45) is 1.00. The highest BCUT2D eigenvalue weighted by atomic mass is 19.4. The van der Waals surface area contributed by atoms with Crippen molar-refractivity contribution >= 4 is 22.6 Å².